The zero-order valence-electron chi connectivity index (χ0n) is 10.1. The van der Waals surface area contributed by atoms with Gasteiger partial charge < -0.3 is 9.84 Å². The first kappa shape index (κ1) is 12.3. The Hall–Kier alpha value is -0.710. The third-order valence-corrected chi connectivity index (χ3v) is 4.86. The maximum absolute atomic E-state index is 12.1. The van der Waals surface area contributed by atoms with E-state index in [2.05, 4.69) is 0 Å². The van der Waals surface area contributed by atoms with E-state index in [4.69, 9.17) is 4.74 Å². The maximum Gasteiger partial charge on any atom is 0.309 e. The van der Waals surface area contributed by atoms with Gasteiger partial charge in [-0.05, 0) is 49.9 Å². The van der Waals surface area contributed by atoms with Crippen molar-refractivity contribution in [3.05, 3.63) is 0 Å². The van der Waals surface area contributed by atoms with Crippen molar-refractivity contribution in [2.45, 2.75) is 44.1 Å². The lowest BCUT2D eigenvalue weighted by Crippen LogP contribution is -2.56. The van der Waals surface area contributed by atoms with Gasteiger partial charge in [0.1, 0.15) is 0 Å². The van der Waals surface area contributed by atoms with E-state index in [1.807, 2.05) is 0 Å². The highest BCUT2D eigenvalue weighted by atomic mass is 19.3. The summed E-state index contributed by atoms with van der Waals surface area (Å²) in [7, 11) is 0. The first-order valence-electron chi connectivity index (χ1n) is 6.64. The van der Waals surface area contributed by atoms with E-state index in [1.54, 1.807) is 0 Å². The number of ether oxygens (including phenoxy) is 1. The number of rotatable bonds is 3. The Balaban J connectivity index is 1.69. The van der Waals surface area contributed by atoms with E-state index in [0.717, 1.165) is 19.3 Å². The molecule has 0 aromatic carbocycles. The van der Waals surface area contributed by atoms with Crippen molar-refractivity contribution in [2.75, 3.05) is 6.61 Å². The van der Waals surface area contributed by atoms with Gasteiger partial charge in [-0.25, -0.2) is 8.78 Å². The second kappa shape index (κ2) is 4.15. The summed E-state index contributed by atoms with van der Waals surface area (Å²) in [5.41, 5.74) is -0.601. The first-order valence-corrected chi connectivity index (χ1v) is 6.64. The molecule has 4 aliphatic carbocycles. The molecule has 2 atom stereocenters. The molecule has 4 fully saturated rings. The molecular weight excluding hydrogens is 242 g/mol. The third-order valence-electron chi connectivity index (χ3n) is 4.86. The van der Waals surface area contributed by atoms with Gasteiger partial charge in [-0.1, -0.05) is 0 Å². The van der Waals surface area contributed by atoms with E-state index in [9.17, 15) is 18.7 Å². The number of carbonyl (C=O) groups is 1. The molecule has 4 aliphatic rings. The molecule has 0 heterocycles. The van der Waals surface area contributed by atoms with Gasteiger partial charge in [0.2, 0.25) is 0 Å². The number of hydrogen-bond acceptors (Lipinski definition) is 3. The van der Waals surface area contributed by atoms with E-state index in [0.29, 0.717) is 18.8 Å². The molecule has 0 amide bonds. The lowest BCUT2D eigenvalue weighted by atomic mass is 9.50. The highest BCUT2D eigenvalue weighted by molar-refractivity contribution is 5.73. The minimum Gasteiger partial charge on any atom is -0.459 e. The summed E-state index contributed by atoms with van der Waals surface area (Å²) in [5.74, 6) is 0.0257. The predicted molar refractivity (Wildman–Crippen MR) is 59.0 cm³/mol. The van der Waals surface area contributed by atoms with Crippen LogP contribution in [0.15, 0.2) is 0 Å². The van der Waals surface area contributed by atoms with Crippen LogP contribution in [-0.2, 0) is 9.53 Å². The van der Waals surface area contributed by atoms with Crippen molar-refractivity contribution in [3.8, 4) is 0 Å². The van der Waals surface area contributed by atoms with Gasteiger partial charge in [-0.3, -0.25) is 4.79 Å². The number of hydrogen-bond donors (Lipinski definition) is 1. The topological polar surface area (TPSA) is 46.5 Å². The van der Waals surface area contributed by atoms with Crippen molar-refractivity contribution in [1.29, 1.82) is 0 Å². The molecule has 102 valence electrons. The second-order valence-electron chi connectivity index (χ2n) is 6.24. The highest BCUT2D eigenvalue weighted by Gasteiger charge is 2.57. The largest absolute Gasteiger partial charge is 0.459 e. The first-order chi connectivity index (χ1) is 8.47. The fourth-order valence-electron chi connectivity index (χ4n) is 4.61. The average molecular weight is 260 g/mol. The number of alkyl halides is 2. The Morgan fingerprint density at radius 1 is 1.28 bits per heavy atom. The van der Waals surface area contributed by atoms with Gasteiger partial charge in [0.25, 0.3) is 6.43 Å². The van der Waals surface area contributed by atoms with Crippen LogP contribution in [0.3, 0.4) is 0 Å². The number of esters is 1. The van der Waals surface area contributed by atoms with Crippen molar-refractivity contribution in [2.24, 2.45) is 23.7 Å². The highest BCUT2D eigenvalue weighted by Crippen LogP contribution is 2.58. The molecule has 4 saturated carbocycles. The summed E-state index contributed by atoms with van der Waals surface area (Å²) < 4.78 is 28.8. The van der Waals surface area contributed by atoms with Gasteiger partial charge >= 0.3 is 5.97 Å². The number of carbonyl (C=O) groups excluding carboxylic acids is 1. The fraction of sp³-hybridized carbons (Fsp3) is 0.923. The van der Waals surface area contributed by atoms with Gasteiger partial charge in [0.05, 0.1) is 11.5 Å². The van der Waals surface area contributed by atoms with Crippen LogP contribution < -0.4 is 0 Å². The molecule has 0 spiro atoms. The van der Waals surface area contributed by atoms with E-state index >= 15 is 0 Å². The predicted octanol–water partition coefficient (Wildman–Crippen LogP) is 1.98. The molecule has 5 heteroatoms. The summed E-state index contributed by atoms with van der Waals surface area (Å²) in [4.78, 5) is 11.9. The minimum absolute atomic E-state index is 0.131. The molecule has 0 aromatic rings. The SMILES string of the molecule is O=C(OCC(F)F)C1C2CC3CC1CC(O)(C3)C2. The Morgan fingerprint density at radius 2 is 1.89 bits per heavy atom. The molecule has 0 aliphatic heterocycles. The zero-order chi connectivity index (χ0) is 12.9. The monoisotopic (exact) mass is 260 g/mol. The van der Waals surface area contributed by atoms with Crippen molar-refractivity contribution < 1.29 is 23.4 Å². The van der Waals surface area contributed by atoms with Crippen LogP contribution >= 0.6 is 0 Å². The molecule has 3 nitrogen and oxygen atoms in total. The van der Waals surface area contributed by atoms with Gasteiger partial charge in [0, 0.05) is 0 Å². The van der Waals surface area contributed by atoms with Crippen LogP contribution in [0.2, 0.25) is 0 Å². The number of aliphatic hydroxyl groups is 1. The van der Waals surface area contributed by atoms with E-state index in [-0.39, 0.29) is 17.8 Å². The zero-order valence-corrected chi connectivity index (χ0v) is 10.1. The van der Waals surface area contributed by atoms with Crippen LogP contribution in [0.25, 0.3) is 0 Å². The fourth-order valence-corrected chi connectivity index (χ4v) is 4.61. The quantitative estimate of drug-likeness (QED) is 0.789. The number of halogens is 2. The Kier molecular flexibility index (Phi) is 2.84. The van der Waals surface area contributed by atoms with Gasteiger partial charge in [-0.15, -0.1) is 0 Å². The summed E-state index contributed by atoms with van der Waals surface area (Å²) in [5, 5.41) is 10.3. The summed E-state index contributed by atoms with van der Waals surface area (Å²) in [6.07, 6.45) is 1.39. The molecule has 1 N–H and O–H groups in total. The summed E-state index contributed by atoms with van der Waals surface area (Å²) in [6, 6.07) is 0. The Morgan fingerprint density at radius 3 is 2.39 bits per heavy atom. The van der Waals surface area contributed by atoms with E-state index in [1.165, 1.54) is 0 Å². The van der Waals surface area contributed by atoms with Gasteiger partial charge in [-0.2, -0.15) is 0 Å². The lowest BCUT2D eigenvalue weighted by Gasteiger charge is -2.57. The second-order valence-corrected chi connectivity index (χ2v) is 6.24. The van der Waals surface area contributed by atoms with Crippen LogP contribution in [0.1, 0.15) is 32.1 Å². The molecule has 2 unspecified atom stereocenters. The van der Waals surface area contributed by atoms with Crippen molar-refractivity contribution >= 4 is 5.97 Å². The molecular formula is C13H18F2O3. The lowest BCUT2D eigenvalue weighted by molar-refractivity contribution is -0.184. The molecule has 4 bridgehead atoms. The van der Waals surface area contributed by atoms with Gasteiger partial charge in [0.15, 0.2) is 6.61 Å². The summed E-state index contributed by atoms with van der Waals surface area (Å²) >= 11 is 0. The Labute approximate surface area is 105 Å². The summed E-state index contributed by atoms with van der Waals surface area (Å²) in [6.45, 7) is -0.803. The average Bonchev–Trinajstić information content (AvgIpc) is 2.23. The smallest absolute Gasteiger partial charge is 0.309 e. The molecule has 0 saturated heterocycles. The third kappa shape index (κ3) is 2.02. The standard InChI is InChI=1S/C13H18F2O3/c14-10(15)6-18-12(16)11-8-1-7-2-9(11)5-13(17,3-7)4-8/h7-11,17H,1-6H2. The van der Waals surface area contributed by atoms with Crippen molar-refractivity contribution in [3.63, 3.8) is 0 Å². The van der Waals surface area contributed by atoms with Crippen LogP contribution in [0, 0.1) is 23.7 Å². The molecule has 0 radical (unpaired) electrons. The molecule has 4 rings (SSSR count). The van der Waals surface area contributed by atoms with Crippen LogP contribution in [-0.4, -0.2) is 29.7 Å². The Bertz CT molecular complexity index is 342. The maximum atomic E-state index is 12.1. The van der Waals surface area contributed by atoms with Crippen LogP contribution in [0.5, 0.6) is 0 Å². The van der Waals surface area contributed by atoms with Crippen molar-refractivity contribution in [1.82, 2.24) is 0 Å². The van der Waals surface area contributed by atoms with Crippen LogP contribution in [0.4, 0.5) is 8.78 Å². The molecule has 0 aromatic heterocycles. The van der Waals surface area contributed by atoms with E-state index < -0.39 is 24.6 Å². The minimum atomic E-state index is -2.60. The normalized spacial score (nSPS) is 45.6. The molecule has 18 heavy (non-hydrogen) atoms.